The molecular weight excluding hydrogens is 867 g/mol. The van der Waals surface area contributed by atoms with Gasteiger partial charge in [0.15, 0.2) is 0 Å². The van der Waals surface area contributed by atoms with Crippen molar-refractivity contribution in [2.24, 2.45) is 29.0 Å². The first kappa shape index (κ1) is 54.7. The number of primary amides is 2. The Labute approximate surface area is 373 Å². The third kappa shape index (κ3) is 17.6. The van der Waals surface area contributed by atoms with Gasteiger partial charge in [-0.15, -0.1) is 0 Å². The molecule has 0 heterocycles. The maximum absolute atomic E-state index is 13.6. The molecule has 2 fully saturated rings. The number of carboxylic acid groups (broad SMARTS) is 2. The van der Waals surface area contributed by atoms with Crippen LogP contribution in [-0.4, -0.2) is 160 Å². The molecule has 65 heavy (non-hydrogen) atoms. The molecule has 364 valence electrons. The number of nitrogens with two attached hydrogens (primary N) is 3. The van der Waals surface area contributed by atoms with E-state index in [4.69, 9.17) is 22.3 Å². The summed E-state index contributed by atoms with van der Waals surface area (Å²) in [6, 6.07) is -10.1. The number of amides is 9. The maximum atomic E-state index is 13.6. The molecule has 2 rings (SSSR count). The van der Waals surface area contributed by atoms with Gasteiger partial charge in [-0.2, -0.15) is 0 Å². The highest BCUT2D eigenvalue weighted by atomic mass is 19.1. The van der Waals surface area contributed by atoms with Crippen LogP contribution in [0.4, 0.5) is 4.39 Å². The number of likely N-dealkylation sites (N-methyl/N-ethyl adjacent to an activating group) is 2. The Morgan fingerprint density at radius 2 is 1.05 bits per heavy atom. The summed E-state index contributed by atoms with van der Waals surface area (Å²) < 4.78 is 16.7. The number of rotatable bonds is 24. The van der Waals surface area contributed by atoms with Gasteiger partial charge in [-0.25, -0.2) is 9.18 Å². The van der Waals surface area contributed by atoms with Crippen molar-refractivity contribution in [3.63, 3.8) is 0 Å². The van der Waals surface area contributed by atoms with E-state index in [0.29, 0.717) is 32.1 Å². The predicted molar refractivity (Wildman–Crippen MR) is 220 cm³/mol. The quantitative estimate of drug-likeness (QED) is 0.0412. The van der Waals surface area contributed by atoms with Gasteiger partial charge >= 0.3 is 17.9 Å². The van der Waals surface area contributed by atoms with Crippen LogP contribution in [0.3, 0.4) is 0 Å². The summed E-state index contributed by atoms with van der Waals surface area (Å²) in [7, 11) is 2.47. The van der Waals surface area contributed by atoms with Crippen molar-refractivity contribution in [1.82, 2.24) is 36.4 Å². The zero-order chi connectivity index (χ0) is 49.3. The van der Waals surface area contributed by atoms with Gasteiger partial charge in [-0.1, -0.05) is 12.8 Å². The molecular formula is C39H61FN10O15. The Hall–Kier alpha value is -6.47. The maximum Gasteiger partial charge on any atom is 0.330 e. The number of aliphatic carboxylic acids is 2. The number of esters is 1. The number of carboxylic acids is 2. The first-order valence-electron chi connectivity index (χ1n) is 20.9. The van der Waals surface area contributed by atoms with Crippen LogP contribution in [-0.2, 0) is 62.3 Å². The van der Waals surface area contributed by atoms with Crippen molar-refractivity contribution in [2.75, 3.05) is 21.0 Å². The van der Waals surface area contributed by atoms with Crippen molar-refractivity contribution < 1.29 is 76.9 Å². The average Bonchev–Trinajstić information content (AvgIpc) is 3.22. The summed E-state index contributed by atoms with van der Waals surface area (Å²) in [5.41, 5.74) is 16.4. The lowest BCUT2D eigenvalue weighted by atomic mass is 9.84. The summed E-state index contributed by atoms with van der Waals surface area (Å²) in [6.07, 6.45) is -0.452. The van der Waals surface area contributed by atoms with Crippen LogP contribution in [0.25, 0.3) is 0 Å². The van der Waals surface area contributed by atoms with Crippen LogP contribution in [0.15, 0.2) is 0 Å². The summed E-state index contributed by atoms with van der Waals surface area (Å²) in [4.78, 5) is 153. The van der Waals surface area contributed by atoms with Crippen molar-refractivity contribution in [2.45, 2.75) is 139 Å². The highest BCUT2D eigenvalue weighted by Gasteiger charge is 2.39. The number of hydrogen-bond acceptors (Lipinski definition) is 14. The zero-order valence-electron chi connectivity index (χ0n) is 36.7. The van der Waals surface area contributed by atoms with Crippen LogP contribution < -0.4 is 43.8 Å². The van der Waals surface area contributed by atoms with Gasteiger partial charge in [0.05, 0.1) is 31.7 Å². The Morgan fingerprint density at radius 1 is 0.615 bits per heavy atom. The molecule has 13 N–H and O–H groups in total. The second kappa shape index (κ2) is 25.7. The van der Waals surface area contributed by atoms with Gasteiger partial charge in [-0.05, 0) is 52.4 Å². The van der Waals surface area contributed by atoms with Gasteiger partial charge in [0.2, 0.25) is 60.0 Å². The number of carbonyl (C=O) groups excluding carboxylic acids is 10. The molecule has 2 saturated carbocycles. The van der Waals surface area contributed by atoms with Gasteiger partial charge in [0.1, 0.15) is 30.2 Å². The van der Waals surface area contributed by atoms with Gasteiger partial charge in [0.25, 0.3) is 0 Å². The number of alkyl halides is 1. The van der Waals surface area contributed by atoms with Gasteiger partial charge in [0, 0.05) is 38.0 Å². The topological polar surface area (TPSA) is 399 Å². The van der Waals surface area contributed by atoms with E-state index in [2.05, 4.69) is 31.3 Å². The minimum absolute atomic E-state index is 0.0101. The number of carbonyl (C=O) groups is 12. The number of nitrogens with one attached hydrogen (secondary N) is 5. The lowest BCUT2D eigenvalue weighted by Gasteiger charge is -2.35. The van der Waals surface area contributed by atoms with Crippen molar-refractivity contribution in [3.05, 3.63) is 0 Å². The molecule has 0 aromatic carbocycles. The van der Waals surface area contributed by atoms with Crippen molar-refractivity contribution in [3.8, 4) is 0 Å². The van der Waals surface area contributed by atoms with E-state index in [0.717, 1.165) is 9.80 Å². The third-order valence-electron chi connectivity index (χ3n) is 11.2. The Bertz CT molecular complexity index is 1820. The lowest BCUT2D eigenvalue weighted by Crippen LogP contribution is -2.58. The molecule has 26 heteroatoms. The standard InChI is InChI=1S/C39H61FN10O15/c1-18(44-35(60)26(15-28(42)51)49(3)37(62)20-7-5-9-22(11-20)46-33(58)24(41)13-30(53)54)32(57)48-25(14-31(55)56)34(59)47-23-10-6-8-21(12-23)38(63)50(4)27(16-29(43)52)36(61)45-19(2)39(64)65-17-40/h18-27H,5-17,41H2,1-4H3,(H2,42,51)(H2,43,52)(H,44,60)(H,45,61)(H,46,58)(H,47,59)(H,48,57)(H,53,54)(H,55,56)/t18-,19-,20-,21-,22+,23+,24-,25-,26-,27-/m0/s1. The Balaban J connectivity index is 2.12. The largest absolute Gasteiger partial charge is 0.481 e. The number of hydrogen-bond donors (Lipinski definition) is 10. The number of halogens is 1. The summed E-state index contributed by atoms with van der Waals surface area (Å²) in [6.45, 7) is 0.952. The van der Waals surface area contributed by atoms with Crippen LogP contribution in [0.2, 0.25) is 0 Å². The lowest BCUT2D eigenvalue weighted by molar-refractivity contribution is -0.152. The summed E-state index contributed by atoms with van der Waals surface area (Å²) >= 11 is 0. The van der Waals surface area contributed by atoms with Crippen molar-refractivity contribution >= 4 is 71.1 Å². The fourth-order valence-corrected chi connectivity index (χ4v) is 7.66. The second-order valence-electron chi connectivity index (χ2n) is 16.3. The Kier molecular flexibility index (Phi) is 21.6. The molecule has 0 aromatic rings. The zero-order valence-corrected chi connectivity index (χ0v) is 36.7. The molecule has 2 aliphatic carbocycles. The first-order chi connectivity index (χ1) is 30.4. The van der Waals surface area contributed by atoms with E-state index in [1.54, 1.807) is 0 Å². The monoisotopic (exact) mass is 928 g/mol. The fraction of sp³-hybridized carbons (Fsp3) is 0.692. The van der Waals surface area contributed by atoms with Crippen LogP contribution in [0, 0.1) is 11.8 Å². The second-order valence-corrected chi connectivity index (χ2v) is 16.3. The minimum Gasteiger partial charge on any atom is -0.481 e. The summed E-state index contributed by atoms with van der Waals surface area (Å²) in [5.74, 6) is -13.2. The van der Waals surface area contributed by atoms with E-state index in [-0.39, 0.29) is 19.3 Å². The molecule has 25 nitrogen and oxygen atoms in total. The highest BCUT2D eigenvalue weighted by molar-refractivity contribution is 5.97. The van der Waals surface area contributed by atoms with E-state index < -0.39 is 164 Å². The first-order valence-corrected chi connectivity index (χ1v) is 20.9. The Morgan fingerprint density at radius 3 is 1.46 bits per heavy atom. The molecule has 0 aliphatic heterocycles. The molecule has 0 radical (unpaired) electrons. The van der Waals surface area contributed by atoms with Crippen molar-refractivity contribution in [1.29, 1.82) is 0 Å². The SMILES string of the molecule is C[C@H](NC(=O)[C@H](CC(N)=O)N(C)C(=O)[C@H]1CCC[C@@H](NC(=O)[C@@H](N)CC(=O)O)C1)C(=O)N[C@@H](CC(=O)O)C(=O)N[C@@H]1CCC[C@H](C(=O)N(C)[C@@H](CC(N)=O)C(=O)N[C@@H](C)C(=O)OCF)C1. The van der Waals surface area contributed by atoms with E-state index in [9.17, 15) is 67.0 Å². The molecule has 0 bridgehead atoms. The number of nitrogens with zero attached hydrogens (tertiary/aromatic N) is 2. The third-order valence-corrected chi connectivity index (χ3v) is 11.2. The fourth-order valence-electron chi connectivity index (χ4n) is 7.66. The van der Waals surface area contributed by atoms with Crippen LogP contribution >= 0.6 is 0 Å². The number of ether oxygens (including phenoxy) is 1. The molecule has 9 amide bonds. The molecule has 0 saturated heterocycles. The van der Waals surface area contributed by atoms with Gasteiger partial charge < -0.3 is 68.5 Å². The summed E-state index contributed by atoms with van der Waals surface area (Å²) in [5, 5.41) is 30.7. The molecule has 0 aromatic heterocycles. The van der Waals surface area contributed by atoms with Crippen LogP contribution in [0.5, 0.6) is 0 Å². The van der Waals surface area contributed by atoms with Gasteiger partial charge in [-0.3, -0.25) is 52.7 Å². The van der Waals surface area contributed by atoms with E-state index in [1.807, 2.05) is 0 Å². The molecule has 0 unspecified atom stereocenters. The minimum atomic E-state index is -1.70. The van der Waals surface area contributed by atoms with E-state index in [1.165, 1.54) is 27.9 Å². The smallest absolute Gasteiger partial charge is 0.330 e. The van der Waals surface area contributed by atoms with E-state index >= 15 is 0 Å². The average molecular weight is 929 g/mol. The molecule has 0 spiro atoms. The highest BCUT2D eigenvalue weighted by Crippen LogP contribution is 2.28. The van der Waals surface area contributed by atoms with Crippen LogP contribution in [0.1, 0.15) is 90.9 Å². The normalized spacial score (nSPS) is 20.9. The molecule has 2 aliphatic rings. The predicted octanol–water partition coefficient (Wildman–Crippen LogP) is -4.02. The molecule has 10 atom stereocenters.